The van der Waals surface area contributed by atoms with Gasteiger partial charge >= 0.3 is 39.5 Å². The smallest absolute Gasteiger partial charge is 0.462 e. The Labute approximate surface area is 650 Å². The summed E-state index contributed by atoms with van der Waals surface area (Å²) in [4.78, 5) is 73.2. The number of aliphatic hydroxyl groups excluding tert-OH is 1. The summed E-state index contributed by atoms with van der Waals surface area (Å²) in [5.41, 5.74) is 0. The summed E-state index contributed by atoms with van der Waals surface area (Å²) >= 11 is 0. The van der Waals surface area contributed by atoms with Gasteiger partial charge in [0.1, 0.15) is 19.3 Å². The number of phosphoric acid groups is 2. The third-order valence-corrected chi connectivity index (χ3v) is 21.7. The zero-order valence-electron chi connectivity index (χ0n) is 69.2. The lowest BCUT2D eigenvalue weighted by molar-refractivity contribution is -0.161. The van der Waals surface area contributed by atoms with Gasteiger partial charge in [0.2, 0.25) is 0 Å². The van der Waals surface area contributed by atoms with E-state index >= 15 is 0 Å². The van der Waals surface area contributed by atoms with Gasteiger partial charge in [0.25, 0.3) is 0 Å². The maximum Gasteiger partial charge on any atom is 0.472 e. The molecule has 626 valence electrons. The van der Waals surface area contributed by atoms with Crippen LogP contribution in [0.25, 0.3) is 0 Å². The first-order valence-electron chi connectivity index (χ1n) is 44.3. The molecule has 0 aliphatic rings. The molecule has 19 heteroatoms. The molecule has 106 heavy (non-hydrogen) atoms. The average Bonchev–Trinajstić information content (AvgIpc) is 0.969. The fourth-order valence-electron chi connectivity index (χ4n) is 13.1. The number of carbonyl (C=O) groups excluding carboxylic acids is 4. The summed E-state index contributed by atoms with van der Waals surface area (Å²) in [7, 11) is -9.94. The lowest BCUT2D eigenvalue weighted by atomic mass is 10.0. The van der Waals surface area contributed by atoms with E-state index in [4.69, 9.17) is 37.0 Å². The van der Waals surface area contributed by atoms with Crippen LogP contribution >= 0.6 is 15.6 Å². The molecule has 5 atom stereocenters. The Morgan fingerprint density at radius 2 is 0.509 bits per heavy atom. The SMILES string of the molecule is CCCCCC/C=C\C=C/CCCCCCCC(=O)O[C@H](COC(=O)CCCCCCCCCCCC(C)C)COP(=O)(O)OC[C@H](O)COP(=O)(O)OC[C@@H](COC(=O)CCCCCCCCCCCCCCCCCCCC)OC(=O)CCCCCCCCCCCCCCCCCCCCC(C)C. The van der Waals surface area contributed by atoms with Crippen LogP contribution in [-0.4, -0.2) is 96.7 Å². The van der Waals surface area contributed by atoms with Crippen molar-refractivity contribution in [1.29, 1.82) is 0 Å². The van der Waals surface area contributed by atoms with Crippen molar-refractivity contribution >= 4 is 39.5 Å². The van der Waals surface area contributed by atoms with Crippen LogP contribution in [0.4, 0.5) is 0 Å². The van der Waals surface area contributed by atoms with Gasteiger partial charge in [-0.1, -0.05) is 387 Å². The average molecular weight is 1550 g/mol. The van der Waals surface area contributed by atoms with Crippen LogP contribution in [0.3, 0.4) is 0 Å². The molecule has 17 nitrogen and oxygen atoms in total. The van der Waals surface area contributed by atoms with Crippen LogP contribution in [0.5, 0.6) is 0 Å². The minimum Gasteiger partial charge on any atom is -0.462 e. The second-order valence-electron chi connectivity index (χ2n) is 31.5. The quantitative estimate of drug-likeness (QED) is 0.0169. The molecule has 0 aliphatic heterocycles. The van der Waals surface area contributed by atoms with E-state index in [1.165, 1.54) is 244 Å². The number of allylic oxidation sites excluding steroid dienone is 4. The van der Waals surface area contributed by atoms with Gasteiger partial charge in [-0.2, -0.15) is 0 Å². The molecule has 0 aromatic heterocycles. The van der Waals surface area contributed by atoms with E-state index in [2.05, 4.69) is 65.8 Å². The molecule has 0 saturated heterocycles. The van der Waals surface area contributed by atoms with Crippen molar-refractivity contribution in [2.75, 3.05) is 39.6 Å². The fraction of sp³-hybridized carbons (Fsp3) is 0.908. The second kappa shape index (κ2) is 77.8. The minimum absolute atomic E-state index is 0.0850. The van der Waals surface area contributed by atoms with Gasteiger partial charge in [-0.3, -0.25) is 37.3 Å². The van der Waals surface area contributed by atoms with Crippen LogP contribution in [0.15, 0.2) is 24.3 Å². The Balaban J connectivity index is 5.28. The first-order valence-corrected chi connectivity index (χ1v) is 47.3. The summed E-state index contributed by atoms with van der Waals surface area (Å²) in [5.74, 6) is -0.571. The Hall–Kier alpha value is -2.46. The molecule has 0 aromatic rings. The number of rotatable bonds is 84. The molecule has 0 bridgehead atoms. The number of hydrogen-bond acceptors (Lipinski definition) is 15. The van der Waals surface area contributed by atoms with Gasteiger partial charge in [0.05, 0.1) is 26.4 Å². The van der Waals surface area contributed by atoms with Gasteiger partial charge in [0, 0.05) is 25.7 Å². The lowest BCUT2D eigenvalue weighted by Gasteiger charge is -2.21. The van der Waals surface area contributed by atoms with E-state index in [0.717, 1.165) is 115 Å². The highest BCUT2D eigenvalue weighted by molar-refractivity contribution is 7.47. The molecule has 2 unspecified atom stereocenters. The summed E-state index contributed by atoms with van der Waals surface area (Å²) < 4.78 is 68.9. The molecule has 0 spiro atoms. The molecule has 0 radical (unpaired) electrons. The van der Waals surface area contributed by atoms with Crippen LogP contribution in [0, 0.1) is 11.8 Å². The van der Waals surface area contributed by atoms with Crippen molar-refractivity contribution in [2.24, 2.45) is 11.8 Å². The van der Waals surface area contributed by atoms with Crippen molar-refractivity contribution in [3.63, 3.8) is 0 Å². The number of aliphatic hydroxyl groups is 1. The summed E-state index contributed by atoms with van der Waals surface area (Å²) in [6, 6.07) is 0. The lowest BCUT2D eigenvalue weighted by Crippen LogP contribution is -2.30. The van der Waals surface area contributed by atoms with E-state index in [1.54, 1.807) is 0 Å². The molecular weight excluding hydrogens is 1380 g/mol. The third-order valence-electron chi connectivity index (χ3n) is 19.8. The van der Waals surface area contributed by atoms with Gasteiger partial charge in [-0.05, 0) is 63.2 Å². The molecule has 0 fully saturated rings. The van der Waals surface area contributed by atoms with Gasteiger partial charge in [-0.15, -0.1) is 0 Å². The van der Waals surface area contributed by atoms with E-state index in [9.17, 15) is 43.2 Å². The first kappa shape index (κ1) is 104. The van der Waals surface area contributed by atoms with Crippen molar-refractivity contribution in [1.82, 2.24) is 0 Å². The van der Waals surface area contributed by atoms with E-state index in [1.807, 2.05) is 0 Å². The monoisotopic (exact) mass is 1550 g/mol. The molecule has 0 saturated carbocycles. The van der Waals surface area contributed by atoms with Crippen LogP contribution in [0.2, 0.25) is 0 Å². The Bertz CT molecular complexity index is 2120. The molecular formula is C87H166O17P2. The molecule has 0 aromatic carbocycles. The van der Waals surface area contributed by atoms with Crippen LogP contribution in [-0.2, 0) is 65.4 Å². The molecule has 0 amide bonds. The second-order valence-corrected chi connectivity index (χ2v) is 34.5. The Morgan fingerprint density at radius 3 is 0.774 bits per heavy atom. The van der Waals surface area contributed by atoms with Gasteiger partial charge < -0.3 is 33.8 Å². The molecule has 0 aliphatic carbocycles. The van der Waals surface area contributed by atoms with Crippen molar-refractivity contribution < 1.29 is 80.2 Å². The zero-order chi connectivity index (χ0) is 77.8. The highest BCUT2D eigenvalue weighted by atomic mass is 31.2. The Kier molecular flexibility index (Phi) is 76.0. The minimum atomic E-state index is -4.97. The van der Waals surface area contributed by atoms with Gasteiger partial charge in [-0.25, -0.2) is 9.13 Å². The Morgan fingerprint density at radius 1 is 0.292 bits per heavy atom. The van der Waals surface area contributed by atoms with Crippen LogP contribution < -0.4 is 0 Å². The largest absolute Gasteiger partial charge is 0.472 e. The summed E-state index contributed by atoms with van der Waals surface area (Å²) in [5, 5.41) is 10.7. The number of esters is 4. The van der Waals surface area contributed by atoms with Gasteiger partial charge in [0.15, 0.2) is 12.2 Å². The summed E-state index contributed by atoms with van der Waals surface area (Å²) in [6.45, 7) is 9.62. The predicted octanol–water partition coefficient (Wildman–Crippen LogP) is 26.2. The van der Waals surface area contributed by atoms with E-state index in [-0.39, 0.29) is 25.7 Å². The topological polar surface area (TPSA) is 237 Å². The highest BCUT2D eigenvalue weighted by Gasteiger charge is 2.30. The normalized spacial score (nSPS) is 14.0. The van der Waals surface area contributed by atoms with E-state index in [0.29, 0.717) is 25.7 Å². The number of unbranched alkanes of at least 4 members (excludes halogenated alkanes) is 51. The van der Waals surface area contributed by atoms with Crippen LogP contribution in [0.1, 0.15) is 440 Å². The number of phosphoric ester groups is 2. The predicted molar refractivity (Wildman–Crippen MR) is 437 cm³/mol. The van der Waals surface area contributed by atoms with Crippen molar-refractivity contribution in [3.8, 4) is 0 Å². The van der Waals surface area contributed by atoms with E-state index < -0.39 is 97.5 Å². The summed E-state index contributed by atoms with van der Waals surface area (Å²) in [6.07, 6.45) is 73.0. The third kappa shape index (κ3) is 79.6. The van der Waals surface area contributed by atoms with Crippen molar-refractivity contribution in [3.05, 3.63) is 24.3 Å². The molecule has 0 heterocycles. The maximum atomic E-state index is 13.2. The number of hydrogen-bond donors (Lipinski definition) is 3. The highest BCUT2D eigenvalue weighted by Crippen LogP contribution is 2.45. The first-order chi connectivity index (χ1) is 51.4. The molecule has 3 N–H and O–H groups in total. The fourth-order valence-corrected chi connectivity index (χ4v) is 14.6. The molecule has 0 rings (SSSR count). The number of carbonyl (C=O) groups is 4. The van der Waals surface area contributed by atoms with Crippen molar-refractivity contribution in [2.45, 2.75) is 458 Å². The standard InChI is InChI=1S/C87H166O17P2/c1-7-9-11-13-15-17-19-21-23-24-28-32-35-39-45-51-57-63-69-84(89)97-75-82(103-87(92)72-66-60-54-47-41-37-33-29-26-25-27-31-34-38-43-49-55-61-67-79(3)4)77-101-105(93,94)99-73-81(88)74-100-106(95,96)102-78-83(76-98-85(90)70-64-58-52-48-42-44-50-56-62-68-80(5)6)104-86(91)71-65-59-53-46-40-36-30-22-20-18-16-14-12-10-8-2/h18,20,22,30,79-83,88H,7-17,19,21,23-29,31-78H2,1-6H3,(H,93,94)(H,95,96)/b20-18-,30-22-/t81-,82-,83-/m1/s1. The number of ether oxygens (including phenoxy) is 4. The maximum absolute atomic E-state index is 13.2. The zero-order valence-corrected chi connectivity index (χ0v) is 71.0.